The smallest absolute Gasteiger partial charge is 0.146 e. The molecule has 0 unspecified atom stereocenters. The zero-order valence-electron chi connectivity index (χ0n) is 12.0. The van der Waals surface area contributed by atoms with Crippen molar-refractivity contribution in [3.63, 3.8) is 0 Å². The third kappa shape index (κ3) is 4.56. The summed E-state index contributed by atoms with van der Waals surface area (Å²) in [5.41, 5.74) is 0.960. The Balaban J connectivity index is 2.26. The molecule has 1 aromatic heterocycles. The second kappa shape index (κ2) is 7.15. The lowest BCUT2D eigenvalue weighted by Crippen LogP contribution is -2.18. The Labute approximate surface area is 156 Å². The number of hydrogen-bond acceptors (Lipinski definition) is 3. The van der Waals surface area contributed by atoms with Gasteiger partial charge in [0.15, 0.2) is 0 Å². The van der Waals surface area contributed by atoms with Crippen LogP contribution in [0.25, 0.3) is 0 Å². The molecule has 21 heavy (non-hydrogen) atoms. The maximum atomic E-state index is 6.26. The van der Waals surface area contributed by atoms with E-state index in [2.05, 4.69) is 70.3 Å². The van der Waals surface area contributed by atoms with Gasteiger partial charge in [0, 0.05) is 14.8 Å². The van der Waals surface area contributed by atoms with E-state index in [9.17, 15) is 0 Å². The van der Waals surface area contributed by atoms with Crippen molar-refractivity contribution in [1.82, 2.24) is 9.97 Å². The summed E-state index contributed by atoms with van der Waals surface area (Å²) < 4.78 is 2.03. The van der Waals surface area contributed by atoms with E-state index in [1.807, 2.05) is 18.2 Å². The van der Waals surface area contributed by atoms with Crippen LogP contribution in [0.15, 0.2) is 33.6 Å². The summed E-state index contributed by atoms with van der Waals surface area (Å²) in [6, 6.07) is 8.14. The van der Waals surface area contributed by atoms with Crippen LogP contribution >= 0.6 is 61.9 Å². The van der Waals surface area contributed by atoms with Crippen molar-refractivity contribution >= 4 is 61.9 Å². The van der Waals surface area contributed by atoms with Gasteiger partial charge >= 0.3 is 0 Å². The number of halogens is 3. The van der Waals surface area contributed by atoms with Crippen molar-refractivity contribution < 1.29 is 0 Å². The molecule has 0 spiro atoms. The predicted octanol–water partition coefficient (Wildman–Crippen LogP) is 6.09. The Morgan fingerprint density at radius 2 is 1.90 bits per heavy atom. The Hall–Kier alpha value is 0.150. The van der Waals surface area contributed by atoms with Crippen molar-refractivity contribution in [3.8, 4) is 0 Å². The highest BCUT2D eigenvalue weighted by atomic mass is 127. The Bertz CT molecular complexity index is 659. The van der Waals surface area contributed by atoms with Gasteiger partial charge in [-0.25, -0.2) is 9.97 Å². The van der Waals surface area contributed by atoms with Crippen molar-refractivity contribution in [3.05, 3.63) is 49.0 Å². The molecule has 0 saturated carbocycles. The van der Waals surface area contributed by atoms with E-state index in [1.165, 1.54) is 4.90 Å². The highest BCUT2D eigenvalue weighted by Gasteiger charge is 2.22. The summed E-state index contributed by atoms with van der Waals surface area (Å²) in [6.45, 7) is 6.41. The van der Waals surface area contributed by atoms with Crippen LogP contribution in [0.4, 0.5) is 0 Å². The summed E-state index contributed by atoms with van der Waals surface area (Å²) in [5.74, 6) is 1.47. The normalized spacial score (nSPS) is 11.7. The fraction of sp³-hybridized carbons (Fsp3) is 0.333. The van der Waals surface area contributed by atoms with Gasteiger partial charge < -0.3 is 0 Å². The van der Waals surface area contributed by atoms with Gasteiger partial charge in [-0.2, -0.15) is 0 Å². The van der Waals surface area contributed by atoms with E-state index in [0.717, 1.165) is 19.6 Å². The summed E-state index contributed by atoms with van der Waals surface area (Å²) in [6.07, 6.45) is 0. The van der Waals surface area contributed by atoms with Gasteiger partial charge in [-0.15, -0.1) is 11.8 Å². The molecule has 0 amide bonds. The second-order valence-corrected chi connectivity index (χ2v) is 8.87. The molecule has 6 heteroatoms. The van der Waals surface area contributed by atoms with E-state index in [-0.39, 0.29) is 5.41 Å². The number of thioether (sulfide) groups is 1. The van der Waals surface area contributed by atoms with Crippen LogP contribution in [0.2, 0.25) is 5.15 Å². The lowest BCUT2D eigenvalue weighted by Gasteiger charge is -2.20. The summed E-state index contributed by atoms with van der Waals surface area (Å²) in [7, 11) is 0. The van der Waals surface area contributed by atoms with Crippen LogP contribution in [-0.2, 0) is 11.2 Å². The third-order valence-corrected chi connectivity index (χ3v) is 6.40. The van der Waals surface area contributed by atoms with Crippen molar-refractivity contribution in [2.75, 3.05) is 0 Å². The Morgan fingerprint density at radius 3 is 2.52 bits per heavy atom. The van der Waals surface area contributed by atoms with E-state index in [0.29, 0.717) is 10.9 Å². The monoisotopic (exact) mass is 496 g/mol. The maximum Gasteiger partial charge on any atom is 0.146 e. The topological polar surface area (TPSA) is 25.8 Å². The summed E-state index contributed by atoms with van der Waals surface area (Å²) in [4.78, 5) is 10.3. The average molecular weight is 498 g/mol. The first-order valence-electron chi connectivity index (χ1n) is 6.39. The van der Waals surface area contributed by atoms with E-state index < -0.39 is 0 Å². The van der Waals surface area contributed by atoms with E-state index in [4.69, 9.17) is 16.6 Å². The van der Waals surface area contributed by atoms with Crippen molar-refractivity contribution in [1.29, 1.82) is 0 Å². The summed E-state index contributed by atoms with van der Waals surface area (Å²) >= 11 is 13.7. The van der Waals surface area contributed by atoms with Gasteiger partial charge in [0.1, 0.15) is 11.0 Å². The molecular weight excluding hydrogens is 483 g/mol. The fourth-order valence-electron chi connectivity index (χ4n) is 1.73. The molecule has 1 heterocycles. The molecule has 2 rings (SSSR count). The largest absolute Gasteiger partial charge is 0.235 e. The number of benzene rings is 1. The van der Waals surface area contributed by atoms with Gasteiger partial charge in [0.05, 0.1) is 15.0 Å². The highest BCUT2D eigenvalue weighted by molar-refractivity contribution is 14.1. The molecule has 0 N–H and O–H groups in total. The third-order valence-electron chi connectivity index (χ3n) is 2.76. The van der Waals surface area contributed by atoms with Crippen LogP contribution < -0.4 is 0 Å². The minimum atomic E-state index is -0.0458. The molecular formula is C15H15BrClIN2S. The second-order valence-electron chi connectivity index (χ2n) is 5.56. The van der Waals surface area contributed by atoms with Crippen LogP contribution in [0, 0.1) is 3.57 Å². The maximum absolute atomic E-state index is 6.26. The highest BCUT2D eigenvalue weighted by Crippen LogP contribution is 2.32. The van der Waals surface area contributed by atoms with Crippen molar-refractivity contribution in [2.24, 2.45) is 0 Å². The quantitative estimate of drug-likeness (QED) is 0.292. The molecule has 0 radical (unpaired) electrons. The van der Waals surface area contributed by atoms with Crippen LogP contribution in [0.1, 0.15) is 32.3 Å². The Morgan fingerprint density at radius 1 is 1.24 bits per heavy atom. The molecule has 1 aromatic carbocycles. The number of rotatable bonds is 3. The number of nitrogens with zero attached hydrogens (tertiary/aromatic N) is 2. The van der Waals surface area contributed by atoms with Gasteiger partial charge in [0.25, 0.3) is 0 Å². The zero-order valence-corrected chi connectivity index (χ0v) is 17.3. The van der Waals surface area contributed by atoms with Crippen LogP contribution in [0.3, 0.4) is 0 Å². The van der Waals surface area contributed by atoms with Gasteiger partial charge in [-0.05, 0) is 50.7 Å². The lowest BCUT2D eigenvalue weighted by molar-refractivity contribution is 0.559. The first-order valence-corrected chi connectivity index (χ1v) is 9.62. The van der Waals surface area contributed by atoms with Crippen molar-refractivity contribution in [2.45, 2.75) is 36.8 Å². The predicted molar refractivity (Wildman–Crippen MR) is 102 cm³/mol. The molecule has 0 saturated heterocycles. The first kappa shape index (κ1) is 17.5. The average Bonchev–Trinajstić information content (AvgIpc) is 2.40. The standard InChI is InChI=1S/C15H15BrClIN2S/c1-15(2,3)13-12(18)14(17)20-11(19-13)8-21-10-7-5-4-6-9(10)16/h4-7H,8H2,1-3H3. The fourth-order valence-corrected chi connectivity index (χ4v) is 4.39. The molecule has 2 nitrogen and oxygen atoms in total. The van der Waals surface area contributed by atoms with Crippen LogP contribution in [0.5, 0.6) is 0 Å². The van der Waals surface area contributed by atoms with Gasteiger partial charge in [-0.3, -0.25) is 0 Å². The van der Waals surface area contributed by atoms with E-state index >= 15 is 0 Å². The van der Waals surface area contributed by atoms with Gasteiger partial charge in [0.2, 0.25) is 0 Å². The first-order chi connectivity index (χ1) is 9.79. The number of aromatic nitrogens is 2. The molecule has 112 valence electrons. The molecule has 0 aliphatic rings. The Kier molecular flexibility index (Phi) is 5.96. The lowest BCUT2D eigenvalue weighted by atomic mass is 9.92. The molecule has 2 aromatic rings. The number of hydrogen-bond donors (Lipinski definition) is 0. The minimum Gasteiger partial charge on any atom is -0.235 e. The molecule has 0 aliphatic heterocycles. The summed E-state index contributed by atoms with van der Waals surface area (Å²) in [5, 5.41) is 0.540. The molecule has 0 fully saturated rings. The molecule has 0 aliphatic carbocycles. The molecule has 0 atom stereocenters. The van der Waals surface area contributed by atoms with Crippen LogP contribution in [-0.4, -0.2) is 9.97 Å². The van der Waals surface area contributed by atoms with Gasteiger partial charge in [-0.1, -0.05) is 44.5 Å². The van der Waals surface area contributed by atoms with E-state index in [1.54, 1.807) is 11.8 Å². The molecule has 0 bridgehead atoms. The SMILES string of the molecule is CC(C)(C)c1nc(CSc2ccccc2Br)nc(Cl)c1I. The zero-order chi connectivity index (χ0) is 15.6. The minimum absolute atomic E-state index is 0.0458.